The fourth-order valence-electron chi connectivity index (χ4n) is 1.87. The first kappa shape index (κ1) is 13.6. The maximum atomic E-state index is 9.48. The Labute approximate surface area is 133 Å². The quantitative estimate of drug-likeness (QED) is 0.609. The van der Waals surface area contributed by atoms with Crippen molar-refractivity contribution in [1.82, 2.24) is 9.97 Å². The van der Waals surface area contributed by atoms with Crippen LogP contribution in [0.5, 0.6) is 5.75 Å². The van der Waals surface area contributed by atoms with Crippen molar-refractivity contribution < 1.29 is 5.11 Å². The molecule has 6 heteroatoms. The molecule has 0 radical (unpaired) electrons. The first-order valence-electron chi connectivity index (χ1n) is 5.66. The van der Waals surface area contributed by atoms with Crippen molar-refractivity contribution in [3.05, 3.63) is 51.0 Å². The number of phenols is 1. The van der Waals surface area contributed by atoms with E-state index in [-0.39, 0.29) is 10.9 Å². The van der Waals surface area contributed by atoms with Crippen molar-refractivity contribution in [1.29, 1.82) is 0 Å². The monoisotopic (exact) mass is 368 g/mol. The number of phenolic OH excluding ortho intramolecular Hbond substituents is 1. The molecule has 2 aromatic carbocycles. The Morgan fingerprint density at radius 1 is 1.00 bits per heavy atom. The largest absolute Gasteiger partial charge is 0.508 e. The van der Waals surface area contributed by atoms with Crippen molar-refractivity contribution in [3.63, 3.8) is 0 Å². The van der Waals surface area contributed by atoms with Gasteiger partial charge in [0, 0.05) is 15.4 Å². The van der Waals surface area contributed by atoms with E-state index in [2.05, 4.69) is 25.9 Å². The van der Waals surface area contributed by atoms with Crippen molar-refractivity contribution in [2.45, 2.75) is 0 Å². The molecule has 1 aromatic heterocycles. The van der Waals surface area contributed by atoms with Crippen LogP contribution in [-0.4, -0.2) is 15.1 Å². The maximum absolute atomic E-state index is 9.48. The molecule has 0 fully saturated rings. The van der Waals surface area contributed by atoms with Crippen LogP contribution in [0.2, 0.25) is 10.2 Å². The molecule has 3 aromatic rings. The van der Waals surface area contributed by atoms with E-state index in [1.54, 1.807) is 18.2 Å². The Morgan fingerprint density at radius 3 is 2.60 bits per heavy atom. The number of halogens is 3. The van der Waals surface area contributed by atoms with Crippen molar-refractivity contribution in [3.8, 4) is 17.1 Å². The molecule has 0 aliphatic rings. The average Bonchev–Trinajstić information content (AvgIpc) is 2.42. The molecule has 0 unspecified atom stereocenters. The third-order valence-electron chi connectivity index (χ3n) is 2.80. The van der Waals surface area contributed by atoms with Gasteiger partial charge in [0.05, 0.1) is 10.5 Å². The van der Waals surface area contributed by atoms with E-state index in [4.69, 9.17) is 23.2 Å². The molecule has 1 N–H and O–H groups in total. The van der Waals surface area contributed by atoms with Gasteiger partial charge in [-0.25, -0.2) is 9.97 Å². The summed E-state index contributed by atoms with van der Waals surface area (Å²) in [5.74, 6) is 0.565. The topological polar surface area (TPSA) is 46.0 Å². The minimum Gasteiger partial charge on any atom is -0.508 e. The summed E-state index contributed by atoms with van der Waals surface area (Å²) in [5.41, 5.74) is 1.34. The molecule has 0 saturated carbocycles. The second-order valence-electron chi connectivity index (χ2n) is 4.16. The molecule has 0 spiro atoms. The first-order chi connectivity index (χ1) is 9.54. The van der Waals surface area contributed by atoms with E-state index in [1.807, 2.05) is 12.1 Å². The number of aromatic hydroxyl groups is 1. The van der Waals surface area contributed by atoms with Gasteiger partial charge in [0.25, 0.3) is 0 Å². The number of benzene rings is 2. The second-order valence-corrected chi connectivity index (χ2v) is 5.84. The summed E-state index contributed by atoms with van der Waals surface area (Å²) in [4.78, 5) is 8.69. The molecule has 0 bridgehead atoms. The van der Waals surface area contributed by atoms with Gasteiger partial charge in [-0.1, -0.05) is 39.1 Å². The zero-order chi connectivity index (χ0) is 14.3. The predicted molar refractivity (Wildman–Crippen MR) is 84.4 cm³/mol. The Balaban J connectivity index is 2.27. The Kier molecular flexibility index (Phi) is 3.54. The van der Waals surface area contributed by atoms with Gasteiger partial charge in [0.1, 0.15) is 10.9 Å². The molecule has 0 aliphatic heterocycles. The summed E-state index contributed by atoms with van der Waals surface area (Å²) in [5, 5.41) is 10.9. The lowest BCUT2D eigenvalue weighted by Crippen LogP contribution is -1.92. The number of aromatic nitrogens is 2. The lowest BCUT2D eigenvalue weighted by Gasteiger charge is -2.07. The van der Waals surface area contributed by atoms with Gasteiger partial charge >= 0.3 is 0 Å². The molecule has 100 valence electrons. The van der Waals surface area contributed by atoms with E-state index in [0.717, 1.165) is 4.47 Å². The highest BCUT2D eigenvalue weighted by atomic mass is 79.9. The zero-order valence-electron chi connectivity index (χ0n) is 9.94. The van der Waals surface area contributed by atoms with Crippen LogP contribution in [-0.2, 0) is 0 Å². The normalized spacial score (nSPS) is 10.9. The molecule has 0 atom stereocenters. The lowest BCUT2D eigenvalue weighted by molar-refractivity contribution is 0.476. The van der Waals surface area contributed by atoms with Crippen LogP contribution in [0.3, 0.4) is 0 Å². The van der Waals surface area contributed by atoms with Crippen LogP contribution in [0, 0.1) is 0 Å². The highest BCUT2D eigenvalue weighted by molar-refractivity contribution is 9.10. The molecular weight excluding hydrogens is 363 g/mol. The fraction of sp³-hybridized carbons (Fsp3) is 0. The second kappa shape index (κ2) is 5.20. The smallest absolute Gasteiger partial charge is 0.163 e. The number of hydrogen-bond acceptors (Lipinski definition) is 3. The molecule has 0 saturated heterocycles. The van der Waals surface area contributed by atoms with Crippen LogP contribution in [0.25, 0.3) is 22.3 Å². The molecule has 0 amide bonds. The van der Waals surface area contributed by atoms with Gasteiger partial charge in [0.2, 0.25) is 0 Å². The van der Waals surface area contributed by atoms with Crippen LogP contribution >= 0.6 is 39.1 Å². The number of rotatable bonds is 1. The van der Waals surface area contributed by atoms with E-state index in [1.165, 1.54) is 6.07 Å². The molecule has 1 heterocycles. The Bertz CT molecular complexity index is 824. The van der Waals surface area contributed by atoms with Crippen LogP contribution < -0.4 is 0 Å². The lowest BCUT2D eigenvalue weighted by atomic mass is 10.2. The maximum Gasteiger partial charge on any atom is 0.163 e. The Hall–Kier alpha value is -1.36. The van der Waals surface area contributed by atoms with Gasteiger partial charge in [0.15, 0.2) is 5.82 Å². The number of fused-ring (bicyclic) bond motifs is 1. The summed E-state index contributed by atoms with van der Waals surface area (Å²) < 4.78 is 0.877. The first-order valence-corrected chi connectivity index (χ1v) is 7.21. The standard InChI is InChI=1S/C14H7BrCl2N2O/c15-7-1-3-11(16)9(5-7)14-18-12-4-2-8(20)6-10(12)13(17)19-14/h1-6,20H. The highest BCUT2D eigenvalue weighted by Crippen LogP contribution is 2.32. The summed E-state index contributed by atoms with van der Waals surface area (Å²) in [7, 11) is 0. The third-order valence-corrected chi connectivity index (χ3v) is 3.91. The Morgan fingerprint density at radius 2 is 1.80 bits per heavy atom. The molecule has 20 heavy (non-hydrogen) atoms. The molecular formula is C14H7BrCl2N2O. The summed E-state index contributed by atoms with van der Waals surface area (Å²) in [6.07, 6.45) is 0. The SMILES string of the molecule is Oc1ccc2nc(-c3cc(Br)ccc3Cl)nc(Cl)c2c1. The zero-order valence-corrected chi connectivity index (χ0v) is 13.0. The summed E-state index contributed by atoms with van der Waals surface area (Å²) >= 11 is 15.7. The van der Waals surface area contributed by atoms with Gasteiger partial charge in [-0.15, -0.1) is 0 Å². The fourth-order valence-corrected chi connectivity index (χ4v) is 2.66. The van der Waals surface area contributed by atoms with Gasteiger partial charge in [-0.2, -0.15) is 0 Å². The van der Waals surface area contributed by atoms with E-state index >= 15 is 0 Å². The number of nitrogens with zero attached hydrogens (tertiary/aromatic N) is 2. The third kappa shape index (κ3) is 2.46. The van der Waals surface area contributed by atoms with Crippen molar-refractivity contribution >= 4 is 50.0 Å². The van der Waals surface area contributed by atoms with Crippen LogP contribution in [0.4, 0.5) is 0 Å². The minimum atomic E-state index is 0.122. The molecule has 0 aliphatic carbocycles. The summed E-state index contributed by atoms with van der Waals surface area (Å²) in [6, 6.07) is 10.2. The van der Waals surface area contributed by atoms with Crippen LogP contribution in [0.1, 0.15) is 0 Å². The van der Waals surface area contributed by atoms with Gasteiger partial charge in [-0.05, 0) is 36.4 Å². The predicted octanol–water partition coefficient (Wildman–Crippen LogP) is 5.07. The van der Waals surface area contributed by atoms with Gasteiger partial charge < -0.3 is 5.11 Å². The van der Waals surface area contributed by atoms with Crippen molar-refractivity contribution in [2.24, 2.45) is 0 Å². The molecule has 3 nitrogen and oxygen atoms in total. The molecule has 3 rings (SSSR count). The van der Waals surface area contributed by atoms with Gasteiger partial charge in [-0.3, -0.25) is 0 Å². The van der Waals surface area contributed by atoms with Crippen molar-refractivity contribution in [2.75, 3.05) is 0 Å². The average molecular weight is 370 g/mol. The van der Waals surface area contributed by atoms with Crippen LogP contribution in [0.15, 0.2) is 40.9 Å². The van der Waals surface area contributed by atoms with E-state index in [9.17, 15) is 5.11 Å². The minimum absolute atomic E-state index is 0.122. The van der Waals surface area contributed by atoms with E-state index in [0.29, 0.717) is 27.3 Å². The summed E-state index contributed by atoms with van der Waals surface area (Å²) in [6.45, 7) is 0. The highest BCUT2D eigenvalue weighted by Gasteiger charge is 2.11. The van der Waals surface area contributed by atoms with E-state index < -0.39 is 0 Å². The number of hydrogen-bond donors (Lipinski definition) is 1.